The molecule has 0 unspecified atom stereocenters. The van der Waals surface area contributed by atoms with Crippen molar-refractivity contribution in [2.24, 2.45) is 0 Å². The quantitative estimate of drug-likeness (QED) is 0.495. The summed E-state index contributed by atoms with van der Waals surface area (Å²) in [5.41, 5.74) is 5.68. The first-order valence-electron chi connectivity index (χ1n) is 8.57. The van der Waals surface area contributed by atoms with E-state index in [1.165, 1.54) is 16.5 Å². The molecule has 0 bridgehead atoms. The lowest BCUT2D eigenvalue weighted by Crippen LogP contribution is -1.98. The molecule has 130 valence electrons. The van der Waals surface area contributed by atoms with Crippen molar-refractivity contribution in [1.82, 2.24) is 9.97 Å². The van der Waals surface area contributed by atoms with Gasteiger partial charge in [-0.15, -0.1) is 0 Å². The van der Waals surface area contributed by atoms with Crippen LogP contribution in [0.5, 0.6) is 5.75 Å². The summed E-state index contributed by atoms with van der Waals surface area (Å²) in [7, 11) is 0. The molecule has 4 rings (SSSR count). The molecular formula is C22H19ClN2O. The number of ether oxygens (including phenoxy) is 1. The summed E-state index contributed by atoms with van der Waals surface area (Å²) < 4.78 is 5.96. The topological polar surface area (TPSA) is 37.9 Å². The van der Waals surface area contributed by atoms with Gasteiger partial charge in [0, 0.05) is 22.8 Å². The third-order valence-electron chi connectivity index (χ3n) is 4.48. The lowest BCUT2D eigenvalue weighted by atomic mass is 10.0. The van der Waals surface area contributed by atoms with E-state index in [9.17, 15) is 0 Å². The van der Waals surface area contributed by atoms with E-state index in [2.05, 4.69) is 35.1 Å². The first-order chi connectivity index (χ1) is 12.7. The van der Waals surface area contributed by atoms with Crippen LogP contribution in [0.2, 0.25) is 5.02 Å². The number of nitrogens with one attached hydrogen (secondary N) is 1. The van der Waals surface area contributed by atoms with Crippen molar-refractivity contribution in [3.8, 4) is 5.75 Å². The molecule has 0 aliphatic carbocycles. The zero-order valence-corrected chi connectivity index (χ0v) is 15.3. The van der Waals surface area contributed by atoms with Crippen LogP contribution in [0.15, 0.2) is 67.0 Å². The summed E-state index contributed by atoms with van der Waals surface area (Å²) in [6.45, 7) is 2.61. The lowest BCUT2D eigenvalue weighted by molar-refractivity contribution is 0.304. The normalized spacial score (nSPS) is 11.0. The third-order valence-corrected chi connectivity index (χ3v) is 4.73. The predicted molar refractivity (Wildman–Crippen MR) is 106 cm³/mol. The highest BCUT2D eigenvalue weighted by Crippen LogP contribution is 2.24. The second kappa shape index (κ2) is 7.22. The second-order valence-electron chi connectivity index (χ2n) is 6.41. The Balaban J connectivity index is 1.48. The van der Waals surface area contributed by atoms with Crippen LogP contribution in [0.3, 0.4) is 0 Å². The van der Waals surface area contributed by atoms with Gasteiger partial charge in [0.25, 0.3) is 0 Å². The van der Waals surface area contributed by atoms with Gasteiger partial charge in [-0.3, -0.25) is 0 Å². The Bertz CT molecular complexity index is 1040. The number of nitrogens with zero attached hydrogens (tertiary/aromatic N) is 1. The predicted octanol–water partition coefficient (Wildman–Crippen LogP) is 5.69. The zero-order valence-electron chi connectivity index (χ0n) is 14.5. The van der Waals surface area contributed by atoms with Gasteiger partial charge in [0.15, 0.2) is 0 Å². The summed E-state index contributed by atoms with van der Waals surface area (Å²) >= 11 is 5.92. The van der Waals surface area contributed by atoms with E-state index in [1.54, 1.807) is 6.20 Å². The number of aryl methyl sites for hydroxylation is 1. The minimum absolute atomic E-state index is 0.533. The average molecular weight is 363 g/mol. The molecular weight excluding hydrogens is 344 g/mol. The molecule has 0 aliphatic heterocycles. The lowest BCUT2D eigenvalue weighted by Gasteiger charge is -2.11. The molecule has 0 spiro atoms. The second-order valence-corrected chi connectivity index (χ2v) is 6.84. The highest BCUT2D eigenvalue weighted by molar-refractivity contribution is 6.30. The molecule has 0 amide bonds. The number of pyridine rings is 1. The zero-order chi connectivity index (χ0) is 17.9. The summed E-state index contributed by atoms with van der Waals surface area (Å²) in [4.78, 5) is 7.58. The number of aromatic amines is 1. The van der Waals surface area contributed by atoms with Gasteiger partial charge in [0.05, 0.1) is 0 Å². The van der Waals surface area contributed by atoms with Gasteiger partial charge in [-0.1, -0.05) is 35.9 Å². The maximum absolute atomic E-state index is 5.96. The van der Waals surface area contributed by atoms with Crippen LogP contribution in [0.1, 0.15) is 22.3 Å². The molecule has 0 aliphatic rings. The van der Waals surface area contributed by atoms with Crippen LogP contribution >= 0.6 is 11.6 Å². The van der Waals surface area contributed by atoms with Gasteiger partial charge < -0.3 is 9.72 Å². The highest BCUT2D eigenvalue weighted by Gasteiger charge is 2.07. The van der Waals surface area contributed by atoms with E-state index in [4.69, 9.17) is 16.3 Å². The van der Waals surface area contributed by atoms with Gasteiger partial charge in [-0.25, -0.2) is 4.98 Å². The number of halogens is 1. The number of aromatic nitrogens is 2. The third kappa shape index (κ3) is 3.58. The van der Waals surface area contributed by atoms with Crippen molar-refractivity contribution in [2.45, 2.75) is 20.0 Å². The first-order valence-corrected chi connectivity index (χ1v) is 8.94. The molecule has 26 heavy (non-hydrogen) atoms. The average Bonchev–Trinajstić information content (AvgIpc) is 3.06. The SMILES string of the molecule is Cc1cc(Cc2c[nH]c3ncccc23)ccc1OCc1ccc(Cl)cc1. The van der Waals surface area contributed by atoms with Crippen LogP contribution in [0.4, 0.5) is 0 Å². The number of hydrogen-bond donors (Lipinski definition) is 1. The molecule has 4 aromatic rings. The summed E-state index contributed by atoms with van der Waals surface area (Å²) in [5, 5.41) is 1.91. The standard InChI is InChI=1S/C22H19ClN2O/c1-15-11-17(12-18-13-25-22-20(18)3-2-10-24-22)6-9-21(15)26-14-16-4-7-19(23)8-5-16/h2-11,13H,12,14H2,1H3,(H,24,25). The Morgan fingerprint density at radius 2 is 1.85 bits per heavy atom. The summed E-state index contributed by atoms with van der Waals surface area (Å²) in [6, 6.07) is 18.2. The summed E-state index contributed by atoms with van der Waals surface area (Å²) in [6.07, 6.45) is 4.71. The van der Waals surface area contributed by atoms with Crippen LogP contribution in [0.25, 0.3) is 11.0 Å². The molecule has 0 radical (unpaired) electrons. The number of benzene rings is 2. The van der Waals surface area contributed by atoms with Crippen LogP contribution < -0.4 is 4.74 Å². The minimum Gasteiger partial charge on any atom is -0.489 e. The largest absolute Gasteiger partial charge is 0.489 e. The molecule has 2 aromatic carbocycles. The number of hydrogen-bond acceptors (Lipinski definition) is 2. The smallest absolute Gasteiger partial charge is 0.137 e. The van der Waals surface area contributed by atoms with Crippen molar-refractivity contribution in [2.75, 3.05) is 0 Å². The van der Waals surface area contributed by atoms with Gasteiger partial charge in [0.2, 0.25) is 0 Å². The molecule has 2 heterocycles. The van der Waals surface area contributed by atoms with Crippen molar-refractivity contribution >= 4 is 22.6 Å². The van der Waals surface area contributed by atoms with Gasteiger partial charge in [-0.2, -0.15) is 0 Å². The Morgan fingerprint density at radius 1 is 1.04 bits per heavy atom. The van der Waals surface area contributed by atoms with Crippen LogP contribution in [-0.2, 0) is 13.0 Å². The highest BCUT2D eigenvalue weighted by atomic mass is 35.5. The van der Waals surface area contributed by atoms with Gasteiger partial charge >= 0.3 is 0 Å². The van der Waals surface area contributed by atoms with E-state index in [1.807, 2.05) is 42.6 Å². The maximum atomic E-state index is 5.96. The number of fused-ring (bicyclic) bond motifs is 1. The molecule has 3 nitrogen and oxygen atoms in total. The van der Waals surface area contributed by atoms with Crippen molar-refractivity contribution < 1.29 is 4.74 Å². The number of H-pyrrole nitrogens is 1. The molecule has 0 fully saturated rings. The van der Waals surface area contributed by atoms with E-state index in [0.717, 1.165) is 34.0 Å². The van der Waals surface area contributed by atoms with Gasteiger partial charge in [0.1, 0.15) is 18.0 Å². The van der Waals surface area contributed by atoms with E-state index in [-0.39, 0.29) is 0 Å². The fourth-order valence-corrected chi connectivity index (χ4v) is 3.23. The van der Waals surface area contributed by atoms with E-state index >= 15 is 0 Å². The molecule has 0 saturated carbocycles. The summed E-state index contributed by atoms with van der Waals surface area (Å²) in [5.74, 6) is 0.907. The molecule has 2 aromatic heterocycles. The molecule has 4 heteroatoms. The van der Waals surface area contributed by atoms with Crippen LogP contribution in [-0.4, -0.2) is 9.97 Å². The minimum atomic E-state index is 0.533. The van der Waals surface area contributed by atoms with E-state index < -0.39 is 0 Å². The first kappa shape index (κ1) is 16.7. The van der Waals surface area contributed by atoms with Crippen molar-refractivity contribution in [1.29, 1.82) is 0 Å². The van der Waals surface area contributed by atoms with E-state index in [0.29, 0.717) is 6.61 Å². The monoisotopic (exact) mass is 362 g/mol. The number of rotatable bonds is 5. The fourth-order valence-electron chi connectivity index (χ4n) is 3.10. The Labute approximate surface area is 157 Å². The molecule has 0 atom stereocenters. The Morgan fingerprint density at radius 3 is 2.65 bits per heavy atom. The molecule has 1 N–H and O–H groups in total. The maximum Gasteiger partial charge on any atom is 0.137 e. The Hall–Kier alpha value is -2.78. The van der Waals surface area contributed by atoms with Crippen LogP contribution in [0, 0.1) is 6.92 Å². The van der Waals surface area contributed by atoms with Crippen molar-refractivity contribution in [3.63, 3.8) is 0 Å². The fraction of sp³-hybridized carbons (Fsp3) is 0.136. The van der Waals surface area contributed by atoms with Crippen molar-refractivity contribution in [3.05, 3.63) is 94.3 Å². The Kier molecular flexibility index (Phi) is 4.63. The van der Waals surface area contributed by atoms with Gasteiger partial charge in [-0.05, 0) is 65.9 Å². The molecule has 0 saturated heterocycles.